The van der Waals surface area contributed by atoms with Crippen LogP contribution in [-0.2, 0) is 4.79 Å². The third kappa shape index (κ3) is 3.59. The van der Waals surface area contributed by atoms with Crippen molar-refractivity contribution < 1.29 is 4.79 Å². The van der Waals surface area contributed by atoms with Crippen LogP contribution in [0.3, 0.4) is 0 Å². The van der Waals surface area contributed by atoms with Gasteiger partial charge in [0, 0.05) is 24.4 Å². The zero-order valence-corrected chi connectivity index (χ0v) is 12.1. The van der Waals surface area contributed by atoms with E-state index in [0.717, 1.165) is 30.3 Å². The van der Waals surface area contributed by atoms with E-state index in [4.69, 9.17) is 11.6 Å². The number of carbonyl (C=O) groups excluding carboxylic acids is 1. The van der Waals surface area contributed by atoms with Crippen molar-refractivity contribution in [1.29, 1.82) is 0 Å². The highest BCUT2D eigenvalue weighted by Crippen LogP contribution is 2.25. The first-order chi connectivity index (χ1) is 8.69. The van der Waals surface area contributed by atoms with Crippen LogP contribution in [-0.4, -0.2) is 23.9 Å². The molecule has 0 N–H and O–H groups in total. The lowest BCUT2D eigenvalue weighted by molar-refractivity contribution is -0.134. The highest BCUT2D eigenvalue weighted by Gasteiger charge is 2.23. The van der Waals surface area contributed by atoms with Gasteiger partial charge in [0.05, 0.1) is 4.34 Å². The first-order valence-electron chi connectivity index (χ1n) is 6.38. The zero-order chi connectivity index (χ0) is 13.0. The van der Waals surface area contributed by atoms with Gasteiger partial charge >= 0.3 is 0 Å². The monoisotopic (exact) mass is 283 g/mol. The third-order valence-corrected chi connectivity index (χ3v) is 4.55. The Balaban J connectivity index is 1.81. The molecule has 1 amide bonds. The average Bonchev–Trinajstić information content (AvgIpc) is 2.75. The maximum Gasteiger partial charge on any atom is 0.222 e. The second-order valence-electron chi connectivity index (χ2n) is 4.61. The maximum atomic E-state index is 11.8. The van der Waals surface area contributed by atoms with Crippen LogP contribution in [0.1, 0.15) is 31.1 Å². The Morgan fingerprint density at radius 3 is 3.00 bits per heavy atom. The van der Waals surface area contributed by atoms with Gasteiger partial charge in [-0.1, -0.05) is 17.7 Å². The van der Waals surface area contributed by atoms with E-state index in [1.54, 1.807) is 11.3 Å². The largest absolute Gasteiger partial charge is 0.343 e. The molecule has 0 radical (unpaired) electrons. The summed E-state index contributed by atoms with van der Waals surface area (Å²) in [7, 11) is 0. The van der Waals surface area contributed by atoms with Crippen LogP contribution in [0.5, 0.6) is 0 Å². The number of amides is 1. The van der Waals surface area contributed by atoms with Crippen molar-refractivity contribution in [2.75, 3.05) is 13.1 Å². The molecular formula is C14H18ClNOS. The number of piperidine rings is 1. The number of rotatable bonds is 4. The first-order valence-corrected chi connectivity index (χ1v) is 7.58. The molecule has 2 nitrogen and oxygen atoms in total. The van der Waals surface area contributed by atoms with E-state index in [-0.39, 0.29) is 0 Å². The number of hydrogen-bond donors (Lipinski definition) is 0. The van der Waals surface area contributed by atoms with E-state index in [1.807, 2.05) is 24.0 Å². The molecule has 1 unspecified atom stereocenters. The highest BCUT2D eigenvalue weighted by atomic mass is 35.5. The second-order valence-corrected chi connectivity index (χ2v) is 6.36. The van der Waals surface area contributed by atoms with E-state index in [0.29, 0.717) is 18.2 Å². The molecular weight excluding hydrogens is 266 g/mol. The Hall–Kier alpha value is -0.800. The van der Waals surface area contributed by atoms with E-state index in [9.17, 15) is 4.79 Å². The van der Waals surface area contributed by atoms with Crippen molar-refractivity contribution in [1.82, 2.24) is 4.90 Å². The summed E-state index contributed by atoms with van der Waals surface area (Å²) in [5.41, 5.74) is 0. The Morgan fingerprint density at radius 2 is 2.39 bits per heavy atom. The highest BCUT2D eigenvalue weighted by molar-refractivity contribution is 7.16. The zero-order valence-electron chi connectivity index (χ0n) is 10.6. The quantitative estimate of drug-likeness (QED) is 0.816. The van der Waals surface area contributed by atoms with Gasteiger partial charge in [-0.2, -0.15) is 0 Å². The molecule has 1 aliphatic heterocycles. The molecule has 1 atom stereocenters. The lowest BCUT2D eigenvalue weighted by Gasteiger charge is -2.30. The molecule has 2 rings (SSSR count). The van der Waals surface area contributed by atoms with Crippen LogP contribution in [0.25, 0.3) is 6.08 Å². The number of nitrogens with zero attached hydrogens (tertiary/aromatic N) is 1. The summed E-state index contributed by atoms with van der Waals surface area (Å²) in [4.78, 5) is 14.9. The molecule has 1 aromatic rings. The first kappa shape index (κ1) is 13.6. The Labute approximate surface area is 117 Å². The number of halogens is 1. The van der Waals surface area contributed by atoms with Gasteiger partial charge in [-0.05, 0) is 43.9 Å². The fourth-order valence-corrected chi connectivity index (χ4v) is 3.26. The van der Waals surface area contributed by atoms with Crippen molar-refractivity contribution >= 4 is 34.9 Å². The van der Waals surface area contributed by atoms with Crippen LogP contribution in [0.4, 0.5) is 0 Å². The summed E-state index contributed by atoms with van der Waals surface area (Å²) in [6.07, 6.45) is 7.08. The predicted octanol–water partition coefficient (Wildman–Crippen LogP) is 4.06. The fourth-order valence-electron chi connectivity index (χ4n) is 2.27. The minimum Gasteiger partial charge on any atom is -0.343 e. The van der Waals surface area contributed by atoms with E-state index < -0.39 is 0 Å². The topological polar surface area (TPSA) is 20.3 Å². The molecule has 2 heterocycles. The summed E-state index contributed by atoms with van der Waals surface area (Å²) in [6, 6.07) is 3.93. The number of hydrogen-bond acceptors (Lipinski definition) is 2. The molecule has 0 aliphatic carbocycles. The van der Waals surface area contributed by atoms with E-state index in [1.165, 1.54) is 4.88 Å². The predicted molar refractivity (Wildman–Crippen MR) is 78.0 cm³/mol. The summed E-state index contributed by atoms with van der Waals surface area (Å²) in [5, 5.41) is 0. The molecule has 0 spiro atoms. The molecule has 18 heavy (non-hydrogen) atoms. The SMILES string of the molecule is CCN1CCC(C/C=C/c2ccc(Cl)s2)CC1=O. The van der Waals surface area contributed by atoms with Gasteiger partial charge in [0.25, 0.3) is 0 Å². The van der Waals surface area contributed by atoms with Gasteiger partial charge in [-0.3, -0.25) is 4.79 Å². The van der Waals surface area contributed by atoms with Crippen LogP contribution < -0.4 is 0 Å². The van der Waals surface area contributed by atoms with Crippen LogP contribution in [0.2, 0.25) is 4.34 Å². The Bertz CT molecular complexity index is 441. The van der Waals surface area contributed by atoms with Crippen LogP contribution >= 0.6 is 22.9 Å². The average molecular weight is 284 g/mol. The molecule has 1 saturated heterocycles. The van der Waals surface area contributed by atoms with Crippen LogP contribution in [0, 0.1) is 5.92 Å². The summed E-state index contributed by atoms with van der Waals surface area (Å²) >= 11 is 7.46. The molecule has 1 aromatic heterocycles. The molecule has 0 bridgehead atoms. The molecule has 1 aliphatic rings. The lowest BCUT2D eigenvalue weighted by atomic mass is 9.93. The second kappa shape index (κ2) is 6.39. The number of likely N-dealkylation sites (tertiary alicyclic amines) is 1. The van der Waals surface area contributed by atoms with Gasteiger partial charge in [-0.25, -0.2) is 0 Å². The Kier molecular flexibility index (Phi) is 4.84. The van der Waals surface area contributed by atoms with Gasteiger partial charge in [0.2, 0.25) is 5.91 Å². The summed E-state index contributed by atoms with van der Waals surface area (Å²) in [6.45, 7) is 3.80. The van der Waals surface area contributed by atoms with Crippen molar-refractivity contribution in [2.24, 2.45) is 5.92 Å². The minimum absolute atomic E-state index is 0.307. The van der Waals surface area contributed by atoms with Crippen molar-refractivity contribution in [3.05, 3.63) is 27.4 Å². The molecule has 0 saturated carbocycles. The van der Waals surface area contributed by atoms with E-state index in [2.05, 4.69) is 12.2 Å². The minimum atomic E-state index is 0.307. The standard InChI is InChI=1S/C14H18ClNOS/c1-2-16-9-8-11(10-14(16)17)4-3-5-12-6-7-13(15)18-12/h3,5-7,11H,2,4,8-10H2,1H3/b5-3+. The lowest BCUT2D eigenvalue weighted by Crippen LogP contribution is -2.38. The smallest absolute Gasteiger partial charge is 0.222 e. The van der Waals surface area contributed by atoms with Gasteiger partial charge in [0.1, 0.15) is 0 Å². The van der Waals surface area contributed by atoms with Crippen molar-refractivity contribution in [3.8, 4) is 0 Å². The van der Waals surface area contributed by atoms with Crippen molar-refractivity contribution in [2.45, 2.75) is 26.2 Å². The number of allylic oxidation sites excluding steroid dienone is 1. The molecule has 98 valence electrons. The fraction of sp³-hybridized carbons (Fsp3) is 0.500. The molecule has 0 aromatic carbocycles. The molecule has 4 heteroatoms. The third-order valence-electron chi connectivity index (χ3n) is 3.35. The van der Waals surface area contributed by atoms with Crippen molar-refractivity contribution in [3.63, 3.8) is 0 Å². The maximum absolute atomic E-state index is 11.8. The van der Waals surface area contributed by atoms with Crippen LogP contribution in [0.15, 0.2) is 18.2 Å². The summed E-state index contributed by atoms with van der Waals surface area (Å²) in [5.74, 6) is 0.813. The Morgan fingerprint density at radius 1 is 1.56 bits per heavy atom. The number of carbonyl (C=O) groups is 1. The summed E-state index contributed by atoms with van der Waals surface area (Å²) < 4.78 is 0.820. The number of thiophene rings is 1. The van der Waals surface area contributed by atoms with E-state index >= 15 is 0 Å². The molecule has 1 fully saturated rings. The normalized spacial score (nSPS) is 20.9. The van der Waals surface area contributed by atoms with Gasteiger partial charge in [-0.15, -0.1) is 11.3 Å². The van der Waals surface area contributed by atoms with Gasteiger partial charge < -0.3 is 4.90 Å². The van der Waals surface area contributed by atoms with Gasteiger partial charge in [0.15, 0.2) is 0 Å².